The monoisotopic (exact) mass is 276 g/mol. The van der Waals surface area contributed by atoms with Gasteiger partial charge >= 0.3 is 10.4 Å². The van der Waals surface area contributed by atoms with E-state index in [-0.39, 0.29) is 0 Å². The Morgan fingerprint density at radius 3 is 2.35 bits per heavy atom. The van der Waals surface area contributed by atoms with Crippen LogP contribution >= 0.6 is 11.3 Å². The molecule has 0 amide bonds. The lowest BCUT2D eigenvalue weighted by atomic mass is 10.3. The van der Waals surface area contributed by atoms with Crippen molar-refractivity contribution < 1.29 is 21.7 Å². The quantitative estimate of drug-likeness (QED) is 0.632. The van der Waals surface area contributed by atoms with Crippen molar-refractivity contribution in [2.75, 3.05) is 7.11 Å². The third kappa shape index (κ3) is 4.04. The molecule has 0 saturated carbocycles. The molecule has 0 saturated heterocycles. The van der Waals surface area contributed by atoms with Crippen molar-refractivity contribution >= 4 is 32.0 Å². The molecule has 2 aromatic rings. The Balaban J connectivity index is 0.000000209. The molecule has 0 bridgehead atoms. The minimum atomic E-state index is -4.16. The molecule has 1 heterocycles. The van der Waals surface area contributed by atoms with Gasteiger partial charge in [0.2, 0.25) is 10.5 Å². The van der Waals surface area contributed by atoms with Crippen LogP contribution in [0.1, 0.15) is 5.01 Å². The van der Waals surface area contributed by atoms with Gasteiger partial charge < -0.3 is 0 Å². The Labute approximate surface area is 104 Å². The minimum absolute atomic E-state index is 0.870. The number of aromatic nitrogens is 1. The summed E-state index contributed by atoms with van der Waals surface area (Å²) in [6.07, 6.45) is 0. The topological polar surface area (TPSA) is 67.5 Å². The first kappa shape index (κ1) is 14.0. The fraction of sp³-hybridized carbons (Fsp3) is 0.300. The third-order valence-corrected chi connectivity index (χ3v) is 3.72. The van der Waals surface area contributed by atoms with Gasteiger partial charge in [-0.05, 0) is 6.07 Å². The molecule has 0 aliphatic carbocycles. The highest BCUT2D eigenvalue weighted by atomic mass is 32.3. The zero-order valence-corrected chi connectivity index (χ0v) is 11.4. The van der Waals surface area contributed by atoms with E-state index >= 15 is 0 Å². The molecule has 0 aliphatic heterocycles. The lowest BCUT2D eigenvalue weighted by molar-refractivity contribution is -0.646. The fourth-order valence-electron chi connectivity index (χ4n) is 1.22. The van der Waals surface area contributed by atoms with Crippen molar-refractivity contribution in [3.05, 3.63) is 29.3 Å². The smallest absolute Gasteiger partial charge is 0.264 e. The van der Waals surface area contributed by atoms with Crippen LogP contribution in [0.25, 0.3) is 10.2 Å². The van der Waals surface area contributed by atoms with Gasteiger partial charge in [-0.15, -0.1) is 0 Å². The van der Waals surface area contributed by atoms with Crippen LogP contribution < -0.4 is 4.57 Å². The molecule has 0 fully saturated rings. The molecule has 2 rings (SSSR count). The van der Waals surface area contributed by atoms with Crippen molar-refractivity contribution in [2.24, 2.45) is 7.05 Å². The summed E-state index contributed by atoms with van der Waals surface area (Å²) in [5.74, 6) is 0. The maximum atomic E-state index is 9.33. The molecular weight excluding hydrogens is 262 g/mol. The predicted molar refractivity (Wildman–Crippen MR) is 66.3 cm³/mol. The highest BCUT2D eigenvalue weighted by Gasteiger charge is 2.10. The molecule has 0 spiro atoms. The predicted octanol–water partition coefficient (Wildman–Crippen LogP) is 1.47. The van der Waals surface area contributed by atoms with Crippen LogP contribution in [-0.2, 0) is 21.6 Å². The van der Waals surface area contributed by atoms with Crippen LogP contribution in [0.2, 0.25) is 0 Å². The second-order valence-electron chi connectivity index (χ2n) is 3.24. The Morgan fingerprint density at radius 1 is 1.35 bits per heavy atom. The summed E-state index contributed by atoms with van der Waals surface area (Å²) < 4.78 is 33.3. The van der Waals surface area contributed by atoms with Crippen LogP contribution in [0.4, 0.5) is 0 Å². The maximum absolute atomic E-state index is 9.33. The minimum Gasteiger partial charge on any atom is -0.264 e. The van der Waals surface area contributed by atoms with Crippen molar-refractivity contribution in [2.45, 2.75) is 6.92 Å². The van der Waals surface area contributed by atoms with E-state index < -0.39 is 10.4 Å². The van der Waals surface area contributed by atoms with E-state index in [0.29, 0.717) is 0 Å². The standard InChI is InChI=1S/C9H10NS.CH4O4S/c1-7-10(2)8-5-3-4-6-9(8)11-7;1-5-6(2,3)4/h3-6H,1-2H3;1H3,(H,2,3,4)/q+1;. The molecular formula is C10H14NO4S2+. The summed E-state index contributed by atoms with van der Waals surface area (Å²) in [5, 5.41) is 1.35. The molecule has 17 heavy (non-hydrogen) atoms. The second kappa shape index (κ2) is 5.54. The van der Waals surface area contributed by atoms with Gasteiger partial charge in [0, 0.05) is 13.0 Å². The van der Waals surface area contributed by atoms with Crippen molar-refractivity contribution in [3.63, 3.8) is 0 Å². The van der Waals surface area contributed by atoms with Crippen molar-refractivity contribution in [3.8, 4) is 0 Å². The van der Waals surface area contributed by atoms with E-state index in [0.717, 1.165) is 7.11 Å². The summed E-state index contributed by atoms with van der Waals surface area (Å²) in [6, 6.07) is 8.47. The number of hydrogen-bond acceptors (Lipinski definition) is 4. The average Bonchev–Trinajstić information content (AvgIpc) is 2.56. The van der Waals surface area contributed by atoms with Crippen LogP contribution in [0.15, 0.2) is 24.3 Å². The molecule has 1 N–H and O–H groups in total. The highest BCUT2D eigenvalue weighted by molar-refractivity contribution is 7.80. The van der Waals surface area contributed by atoms with E-state index in [1.54, 1.807) is 0 Å². The molecule has 0 unspecified atom stereocenters. The molecule has 94 valence electrons. The van der Waals surface area contributed by atoms with Crippen LogP contribution in [0.3, 0.4) is 0 Å². The number of nitrogens with zero attached hydrogens (tertiary/aromatic N) is 1. The number of fused-ring (bicyclic) bond motifs is 1. The molecule has 5 nitrogen and oxygen atoms in total. The molecule has 1 aromatic heterocycles. The summed E-state index contributed by atoms with van der Waals surface area (Å²) >= 11 is 1.84. The number of benzene rings is 1. The summed E-state index contributed by atoms with van der Waals surface area (Å²) in [5.41, 5.74) is 1.33. The van der Waals surface area contributed by atoms with Crippen LogP contribution in [0.5, 0.6) is 0 Å². The third-order valence-electron chi connectivity index (χ3n) is 2.17. The average molecular weight is 276 g/mol. The summed E-state index contributed by atoms with van der Waals surface area (Å²) in [4.78, 5) is 0. The summed E-state index contributed by atoms with van der Waals surface area (Å²) in [7, 11) is -1.19. The van der Waals surface area contributed by atoms with Crippen molar-refractivity contribution in [1.29, 1.82) is 0 Å². The number of hydrogen-bond donors (Lipinski definition) is 1. The molecule has 0 radical (unpaired) electrons. The van der Waals surface area contributed by atoms with E-state index in [2.05, 4.69) is 47.0 Å². The SMILES string of the molecule is COS(=O)(=O)O.Cc1sc2ccccc2[n+]1C. The van der Waals surface area contributed by atoms with Gasteiger partial charge in [-0.3, -0.25) is 8.74 Å². The highest BCUT2D eigenvalue weighted by Crippen LogP contribution is 2.17. The molecule has 1 aromatic carbocycles. The normalized spacial score (nSPS) is 11.1. The first-order valence-electron chi connectivity index (χ1n) is 4.72. The van der Waals surface area contributed by atoms with E-state index in [1.807, 2.05) is 11.3 Å². The van der Waals surface area contributed by atoms with E-state index in [9.17, 15) is 8.42 Å². The molecule has 0 aliphatic rings. The zero-order valence-electron chi connectivity index (χ0n) is 9.75. The number of aryl methyl sites for hydroxylation is 2. The Bertz CT molecular complexity index is 604. The largest absolute Gasteiger partial charge is 0.397 e. The fourth-order valence-corrected chi connectivity index (χ4v) is 2.23. The van der Waals surface area contributed by atoms with Crippen LogP contribution in [-0.4, -0.2) is 20.1 Å². The Kier molecular flexibility index (Phi) is 4.58. The van der Waals surface area contributed by atoms with E-state index in [1.165, 1.54) is 15.2 Å². The van der Waals surface area contributed by atoms with Gasteiger partial charge in [0.05, 0.1) is 7.11 Å². The van der Waals surface area contributed by atoms with Gasteiger partial charge in [0.15, 0.2) is 0 Å². The van der Waals surface area contributed by atoms with Gasteiger partial charge in [-0.1, -0.05) is 23.5 Å². The first-order chi connectivity index (χ1) is 7.85. The number of para-hydroxylation sites is 1. The number of rotatable bonds is 1. The zero-order chi connectivity index (χ0) is 13.1. The Hall–Kier alpha value is -1.02. The lowest BCUT2D eigenvalue weighted by Crippen LogP contribution is -2.28. The lowest BCUT2D eigenvalue weighted by Gasteiger charge is -1.82. The van der Waals surface area contributed by atoms with Gasteiger partial charge in [0.25, 0.3) is 0 Å². The van der Waals surface area contributed by atoms with Gasteiger partial charge in [-0.25, -0.2) is 0 Å². The first-order valence-corrected chi connectivity index (χ1v) is 6.90. The Morgan fingerprint density at radius 2 is 1.88 bits per heavy atom. The van der Waals surface area contributed by atoms with Crippen LogP contribution in [0, 0.1) is 6.92 Å². The van der Waals surface area contributed by atoms with Crippen molar-refractivity contribution in [1.82, 2.24) is 0 Å². The van der Waals surface area contributed by atoms with Gasteiger partial charge in [0.1, 0.15) is 11.7 Å². The maximum Gasteiger partial charge on any atom is 0.397 e. The molecule has 0 atom stereocenters. The molecule has 7 heteroatoms. The second-order valence-corrected chi connectivity index (χ2v) is 5.67. The van der Waals surface area contributed by atoms with E-state index in [4.69, 9.17) is 4.55 Å². The summed E-state index contributed by atoms with van der Waals surface area (Å²) in [6.45, 7) is 2.14. The van der Waals surface area contributed by atoms with Gasteiger partial charge in [-0.2, -0.15) is 13.0 Å². The number of thiazole rings is 1.